The molecular weight excluding hydrogens is 295 g/mol. The highest BCUT2D eigenvalue weighted by molar-refractivity contribution is 7.64. The summed E-state index contributed by atoms with van der Waals surface area (Å²) in [5, 5.41) is 1.55. The first-order valence-electron chi connectivity index (χ1n) is 8.13. The smallest absolute Gasteiger partial charge is 0.00297 e. The van der Waals surface area contributed by atoms with Crippen LogP contribution in [0, 0.1) is 13.8 Å². The van der Waals surface area contributed by atoms with Crippen molar-refractivity contribution in [3.05, 3.63) is 101 Å². The Labute approximate surface area is 141 Å². The average molecular weight is 318 g/mol. The number of hydrogen-bond donors (Lipinski definition) is 0. The molecule has 0 unspecified atom stereocenters. The van der Waals surface area contributed by atoms with Crippen LogP contribution in [0.2, 0.25) is 0 Å². The molecule has 0 spiro atoms. The van der Waals surface area contributed by atoms with E-state index in [9.17, 15) is 0 Å². The summed E-state index contributed by atoms with van der Waals surface area (Å²) < 4.78 is 0. The maximum atomic E-state index is 2.33. The number of aryl methyl sites for hydroxylation is 1. The fourth-order valence-electron chi connectivity index (χ4n) is 2.91. The van der Waals surface area contributed by atoms with Crippen molar-refractivity contribution in [2.75, 3.05) is 0 Å². The predicted molar refractivity (Wildman–Crippen MR) is 103 cm³/mol. The summed E-state index contributed by atoms with van der Waals surface area (Å²) in [5.41, 5.74) is 5.74. The Morgan fingerprint density at radius 3 is 1.65 bits per heavy atom. The summed E-state index contributed by atoms with van der Waals surface area (Å²) in [6.45, 7) is 4.49. The lowest BCUT2D eigenvalue weighted by Gasteiger charge is -2.22. The highest BCUT2D eigenvalue weighted by Crippen LogP contribution is 2.43. The van der Waals surface area contributed by atoms with Crippen LogP contribution in [-0.2, 0) is 12.3 Å². The first kappa shape index (κ1) is 16.0. The number of rotatable bonds is 5. The molecule has 0 N–H and O–H groups in total. The second-order valence-corrected chi connectivity index (χ2v) is 8.24. The van der Waals surface area contributed by atoms with Gasteiger partial charge in [-0.15, -0.1) is 0 Å². The minimum absolute atomic E-state index is 0.245. The van der Waals surface area contributed by atoms with Gasteiger partial charge in [-0.1, -0.05) is 86.8 Å². The molecule has 0 aliphatic heterocycles. The van der Waals surface area contributed by atoms with Gasteiger partial charge in [-0.05, 0) is 53.7 Å². The van der Waals surface area contributed by atoms with E-state index in [-0.39, 0.29) is 7.92 Å². The molecule has 0 saturated heterocycles. The van der Waals surface area contributed by atoms with E-state index in [1.165, 1.54) is 22.3 Å². The lowest BCUT2D eigenvalue weighted by molar-refractivity contribution is 1.31. The lowest BCUT2D eigenvalue weighted by Crippen LogP contribution is -2.10. The molecule has 0 nitrogen and oxygen atoms in total. The summed E-state index contributed by atoms with van der Waals surface area (Å²) in [5.74, 6) is 0. The average Bonchev–Trinajstić information content (AvgIpc) is 2.59. The van der Waals surface area contributed by atoms with Gasteiger partial charge in [-0.3, -0.25) is 0 Å². The van der Waals surface area contributed by atoms with Crippen LogP contribution >= 0.6 is 7.92 Å². The Bertz CT molecular complexity index is 706. The molecule has 0 aliphatic rings. The van der Waals surface area contributed by atoms with Crippen LogP contribution in [-0.4, -0.2) is 0 Å². The molecule has 3 aromatic carbocycles. The Morgan fingerprint density at radius 1 is 0.609 bits per heavy atom. The Hall–Kier alpha value is -1.91. The summed E-state index contributed by atoms with van der Waals surface area (Å²) >= 11 is 0. The minimum Gasteiger partial charge on any atom is -0.0661 e. The van der Waals surface area contributed by atoms with E-state index in [1.54, 1.807) is 5.30 Å². The van der Waals surface area contributed by atoms with E-state index in [0.29, 0.717) is 0 Å². The highest BCUT2D eigenvalue weighted by atomic mass is 31.1. The molecule has 0 saturated carbocycles. The van der Waals surface area contributed by atoms with Crippen LogP contribution in [0.15, 0.2) is 78.9 Å². The molecule has 23 heavy (non-hydrogen) atoms. The van der Waals surface area contributed by atoms with E-state index < -0.39 is 0 Å². The molecule has 0 bridgehead atoms. The van der Waals surface area contributed by atoms with Gasteiger partial charge in [0.2, 0.25) is 0 Å². The van der Waals surface area contributed by atoms with E-state index in [2.05, 4.69) is 92.7 Å². The maximum absolute atomic E-state index is 2.33. The zero-order valence-corrected chi connectivity index (χ0v) is 14.8. The molecule has 1 heteroatoms. The number of hydrogen-bond acceptors (Lipinski definition) is 0. The van der Waals surface area contributed by atoms with Crippen molar-refractivity contribution < 1.29 is 0 Å². The van der Waals surface area contributed by atoms with Crippen LogP contribution < -0.4 is 5.30 Å². The third-order valence-corrected chi connectivity index (χ3v) is 7.01. The summed E-state index contributed by atoms with van der Waals surface area (Å²) in [6.07, 6.45) is 2.30. The molecule has 3 aromatic rings. The first-order valence-corrected chi connectivity index (χ1v) is 9.84. The van der Waals surface area contributed by atoms with Gasteiger partial charge in [0.15, 0.2) is 0 Å². The normalized spacial score (nSPS) is 10.9. The monoisotopic (exact) mass is 318 g/mol. The molecule has 0 aromatic heterocycles. The molecule has 0 atom stereocenters. The highest BCUT2D eigenvalue weighted by Gasteiger charge is 2.15. The second-order valence-electron chi connectivity index (χ2n) is 6.05. The lowest BCUT2D eigenvalue weighted by atomic mass is 10.1. The minimum atomic E-state index is -0.245. The first-order chi connectivity index (χ1) is 11.2. The van der Waals surface area contributed by atoms with Crippen molar-refractivity contribution in [2.45, 2.75) is 26.2 Å². The molecule has 0 radical (unpaired) electrons. The van der Waals surface area contributed by atoms with Gasteiger partial charge < -0.3 is 0 Å². The standard InChI is InChI=1S/C22H23P/c1-18-10-9-15-22(19(18)2)23(16-20-11-5-3-6-12-20)17-21-13-7-4-8-14-21/h3-15H,16-17H2,1-2H3. The molecule has 116 valence electrons. The topological polar surface area (TPSA) is 0 Å². The van der Waals surface area contributed by atoms with Gasteiger partial charge in [0.25, 0.3) is 0 Å². The Morgan fingerprint density at radius 2 is 1.13 bits per heavy atom. The Balaban J connectivity index is 1.94. The van der Waals surface area contributed by atoms with Gasteiger partial charge >= 0.3 is 0 Å². The van der Waals surface area contributed by atoms with Crippen molar-refractivity contribution in [3.8, 4) is 0 Å². The molecule has 0 heterocycles. The van der Waals surface area contributed by atoms with Crippen molar-refractivity contribution in [1.29, 1.82) is 0 Å². The van der Waals surface area contributed by atoms with E-state index >= 15 is 0 Å². The van der Waals surface area contributed by atoms with Crippen molar-refractivity contribution in [2.24, 2.45) is 0 Å². The Kier molecular flexibility index (Phi) is 5.26. The van der Waals surface area contributed by atoms with Gasteiger partial charge in [0.1, 0.15) is 0 Å². The molecule has 3 rings (SSSR count). The zero-order chi connectivity index (χ0) is 16.1. The van der Waals surface area contributed by atoms with Crippen LogP contribution in [0.4, 0.5) is 0 Å². The molecule has 0 fully saturated rings. The fraction of sp³-hybridized carbons (Fsp3) is 0.182. The number of benzene rings is 3. The van der Waals surface area contributed by atoms with Crippen molar-refractivity contribution >= 4 is 13.2 Å². The summed E-state index contributed by atoms with van der Waals surface area (Å²) in [6, 6.07) is 28.6. The molecular formula is C22H23P. The fourth-order valence-corrected chi connectivity index (χ4v) is 5.62. The SMILES string of the molecule is Cc1cccc(P(Cc2ccccc2)Cc2ccccc2)c1C. The quantitative estimate of drug-likeness (QED) is 0.521. The maximum Gasteiger partial charge on any atom is -0.00297 e. The van der Waals surface area contributed by atoms with Crippen LogP contribution in [0.25, 0.3) is 0 Å². The third-order valence-electron chi connectivity index (χ3n) is 4.35. The van der Waals surface area contributed by atoms with Gasteiger partial charge in [0, 0.05) is 0 Å². The third kappa shape index (κ3) is 4.09. The van der Waals surface area contributed by atoms with Crippen molar-refractivity contribution in [3.63, 3.8) is 0 Å². The summed E-state index contributed by atoms with van der Waals surface area (Å²) in [7, 11) is -0.245. The van der Waals surface area contributed by atoms with Gasteiger partial charge in [0.05, 0.1) is 0 Å². The van der Waals surface area contributed by atoms with Crippen LogP contribution in [0.5, 0.6) is 0 Å². The summed E-state index contributed by atoms with van der Waals surface area (Å²) in [4.78, 5) is 0. The van der Waals surface area contributed by atoms with Gasteiger partial charge in [-0.25, -0.2) is 0 Å². The van der Waals surface area contributed by atoms with E-state index in [4.69, 9.17) is 0 Å². The predicted octanol–water partition coefficient (Wildman–Crippen LogP) is 5.81. The zero-order valence-electron chi connectivity index (χ0n) is 13.9. The second kappa shape index (κ2) is 7.57. The largest absolute Gasteiger partial charge is 0.0661 e. The van der Waals surface area contributed by atoms with E-state index in [1.807, 2.05) is 0 Å². The van der Waals surface area contributed by atoms with Crippen LogP contribution in [0.3, 0.4) is 0 Å². The van der Waals surface area contributed by atoms with Crippen molar-refractivity contribution in [1.82, 2.24) is 0 Å². The van der Waals surface area contributed by atoms with Gasteiger partial charge in [-0.2, -0.15) is 0 Å². The molecule has 0 aliphatic carbocycles. The van der Waals surface area contributed by atoms with E-state index in [0.717, 1.165) is 12.3 Å². The van der Waals surface area contributed by atoms with Crippen LogP contribution in [0.1, 0.15) is 22.3 Å². The molecule has 0 amide bonds.